The lowest BCUT2D eigenvalue weighted by Crippen LogP contribution is -2.55. The van der Waals surface area contributed by atoms with Gasteiger partial charge in [0, 0.05) is 18.6 Å². The second kappa shape index (κ2) is 2.20. The first-order chi connectivity index (χ1) is 5.24. The maximum Gasteiger partial charge on any atom is 0.0499 e. The summed E-state index contributed by atoms with van der Waals surface area (Å²) in [5, 5.41) is 9.11. The van der Waals surface area contributed by atoms with Crippen LogP contribution in [-0.4, -0.2) is 18.3 Å². The molecule has 2 aliphatic rings. The SMILES string of the molecule is NCC1(CO)CC2(CCC2)C1. The first-order valence-electron chi connectivity index (χ1n) is 4.55. The van der Waals surface area contributed by atoms with Gasteiger partial charge in [-0.25, -0.2) is 0 Å². The van der Waals surface area contributed by atoms with Gasteiger partial charge in [-0.2, -0.15) is 0 Å². The lowest BCUT2D eigenvalue weighted by atomic mass is 9.45. The number of aliphatic hydroxyl groups excluding tert-OH is 1. The average molecular weight is 155 g/mol. The van der Waals surface area contributed by atoms with Crippen molar-refractivity contribution in [1.82, 2.24) is 0 Å². The summed E-state index contributed by atoms with van der Waals surface area (Å²) < 4.78 is 0. The van der Waals surface area contributed by atoms with Gasteiger partial charge in [-0.1, -0.05) is 6.42 Å². The molecule has 0 saturated heterocycles. The van der Waals surface area contributed by atoms with Gasteiger partial charge in [-0.15, -0.1) is 0 Å². The van der Waals surface area contributed by atoms with Crippen molar-refractivity contribution in [3.05, 3.63) is 0 Å². The molecular formula is C9H17NO. The standard InChI is InChI=1S/C9H17NO/c10-6-9(7-11)4-8(5-9)2-1-3-8/h11H,1-7,10H2. The smallest absolute Gasteiger partial charge is 0.0499 e. The summed E-state index contributed by atoms with van der Waals surface area (Å²) in [6.45, 7) is 0.969. The molecule has 0 bridgehead atoms. The first-order valence-corrected chi connectivity index (χ1v) is 4.55. The topological polar surface area (TPSA) is 46.2 Å². The van der Waals surface area contributed by atoms with Gasteiger partial charge in [-0.3, -0.25) is 0 Å². The third-order valence-electron chi connectivity index (χ3n) is 3.68. The summed E-state index contributed by atoms with van der Waals surface area (Å²) >= 11 is 0. The number of rotatable bonds is 2. The van der Waals surface area contributed by atoms with Crippen molar-refractivity contribution in [3.8, 4) is 0 Å². The molecule has 0 amide bonds. The van der Waals surface area contributed by atoms with Gasteiger partial charge in [0.25, 0.3) is 0 Å². The minimum absolute atomic E-state index is 0.125. The van der Waals surface area contributed by atoms with E-state index in [1.807, 2.05) is 0 Å². The van der Waals surface area contributed by atoms with Crippen LogP contribution in [0.2, 0.25) is 0 Å². The Hall–Kier alpha value is -0.0800. The highest BCUT2D eigenvalue weighted by molar-refractivity contribution is 5.07. The van der Waals surface area contributed by atoms with Crippen LogP contribution in [0, 0.1) is 10.8 Å². The fourth-order valence-corrected chi connectivity index (χ4v) is 2.89. The van der Waals surface area contributed by atoms with E-state index in [0.29, 0.717) is 18.6 Å². The molecule has 0 heterocycles. The Kier molecular flexibility index (Phi) is 1.52. The molecule has 3 N–H and O–H groups in total. The predicted octanol–water partition coefficient (Wildman–Crippen LogP) is 0.888. The zero-order valence-electron chi connectivity index (χ0n) is 6.97. The Morgan fingerprint density at radius 3 is 2.18 bits per heavy atom. The summed E-state index contributed by atoms with van der Waals surface area (Å²) in [4.78, 5) is 0. The molecule has 2 saturated carbocycles. The maximum absolute atomic E-state index is 9.11. The van der Waals surface area contributed by atoms with E-state index in [-0.39, 0.29) is 5.41 Å². The Balaban J connectivity index is 1.93. The number of hydrogen-bond acceptors (Lipinski definition) is 2. The minimum Gasteiger partial charge on any atom is -0.396 e. The third-order valence-corrected chi connectivity index (χ3v) is 3.68. The van der Waals surface area contributed by atoms with Crippen molar-refractivity contribution >= 4 is 0 Å². The van der Waals surface area contributed by atoms with Gasteiger partial charge in [0.2, 0.25) is 0 Å². The molecule has 1 spiro atoms. The predicted molar refractivity (Wildman–Crippen MR) is 44.1 cm³/mol. The van der Waals surface area contributed by atoms with Crippen molar-refractivity contribution in [3.63, 3.8) is 0 Å². The van der Waals surface area contributed by atoms with Crippen molar-refractivity contribution in [2.45, 2.75) is 32.1 Å². The van der Waals surface area contributed by atoms with Crippen molar-refractivity contribution < 1.29 is 5.11 Å². The van der Waals surface area contributed by atoms with Crippen molar-refractivity contribution in [2.24, 2.45) is 16.6 Å². The molecule has 0 aliphatic heterocycles. The number of nitrogens with two attached hydrogens (primary N) is 1. The van der Waals surface area contributed by atoms with E-state index in [0.717, 1.165) is 0 Å². The van der Waals surface area contributed by atoms with E-state index >= 15 is 0 Å². The van der Waals surface area contributed by atoms with Crippen molar-refractivity contribution in [2.75, 3.05) is 13.2 Å². The van der Waals surface area contributed by atoms with Crippen LogP contribution in [-0.2, 0) is 0 Å². The van der Waals surface area contributed by atoms with Gasteiger partial charge >= 0.3 is 0 Å². The Morgan fingerprint density at radius 2 is 1.91 bits per heavy atom. The molecule has 0 aromatic carbocycles. The molecule has 0 aromatic rings. The summed E-state index contributed by atoms with van der Waals surface area (Å²) in [7, 11) is 0. The molecule has 2 nitrogen and oxygen atoms in total. The lowest BCUT2D eigenvalue weighted by molar-refractivity contribution is -0.115. The molecule has 0 aromatic heterocycles. The van der Waals surface area contributed by atoms with Gasteiger partial charge in [0.05, 0.1) is 0 Å². The normalized spacial score (nSPS) is 31.1. The molecule has 0 unspecified atom stereocenters. The molecule has 2 fully saturated rings. The van der Waals surface area contributed by atoms with Crippen LogP contribution in [0.5, 0.6) is 0 Å². The van der Waals surface area contributed by atoms with Crippen LogP contribution >= 0.6 is 0 Å². The molecule has 11 heavy (non-hydrogen) atoms. The second-order valence-corrected chi connectivity index (χ2v) is 4.57. The molecule has 2 aliphatic carbocycles. The minimum atomic E-state index is 0.125. The zero-order chi connectivity index (χ0) is 7.95. The van der Waals surface area contributed by atoms with Crippen LogP contribution in [0.15, 0.2) is 0 Å². The van der Waals surface area contributed by atoms with Crippen LogP contribution in [0.4, 0.5) is 0 Å². The van der Waals surface area contributed by atoms with Crippen LogP contribution < -0.4 is 5.73 Å². The van der Waals surface area contributed by atoms with Gasteiger partial charge < -0.3 is 10.8 Å². The zero-order valence-corrected chi connectivity index (χ0v) is 6.97. The molecule has 0 atom stereocenters. The fourth-order valence-electron chi connectivity index (χ4n) is 2.89. The van der Waals surface area contributed by atoms with E-state index in [1.165, 1.54) is 32.1 Å². The second-order valence-electron chi connectivity index (χ2n) is 4.57. The van der Waals surface area contributed by atoms with Gasteiger partial charge in [-0.05, 0) is 31.1 Å². The Morgan fingerprint density at radius 1 is 1.27 bits per heavy atom. The Bertz CT molecular complexity index is 149. The Labute approximate surface area is 67.8 Å². The highest BCUT2D eigenvalue weighted by Crippen LogP contribution is 2.63. The number of aliphatic hydroxyl groups is 1. The van der Waals surface area contributed by atoms with E-state index in [9.17, 15) is 0 Å². The van der Waals surface area contributed by atoms with E-state index in [4.69, 9.17) is 10.8 Å². The lowest BCUT2D eigenvalue weighted by Gasteiger charge is -2.60. The monoisotopic (exact) mass is 155 g/mol. The molecule has 2 heteroatoms. The molecular weight excluding hydrogens is 138 g/mol. The largest absolute Gasteiger partial charge is 0.396 e. The van der Waals surface area contributed by atoms with Crippen LogP contribution in [0.25, 0.3) is 0 Å². The number of hydrogen-bond donors (Lipinski definition) is 2. The van der Waals surface area contributed by atoms with E-state index < -0.39 is 0 Å². The average Bonchev–Trinajstić information content (AvgIpc) is 1.85. The van der Waals surface area contributed by atoms with Crippen molar-refractivity contribution in [1.29, 1.82) is 0 Å². The van der Waals surface area contributed by atoms with Gasteiger partial charge in [0.1, 0.15) is 0 Å². The quantitative estimate of drug-likeness (QED) is 0.622. The van der Waals surface area contributed by atoms with E-state index in [1.54, 1.807) is 0 Å². The first kappa shape index (κ1) is 7.56. The summed E-state index contributed by atoms with van der Waals surface area (Å²) in [5.74, 6) is 0. The van der Waals surface area contributed by atoms with Crippen LogP contribution in [0.1, 0.15) is 32.1 Å². The van der Waals surface area contributed by atoms with Gasteiger partial charge in [0.15, 0.2) is 0 Å². The molecule has 64 valence electrons. The maximum atomic E-state index is 9.11. The molecule has 0 radical (unpaired) electrons. The highest BCUT2D eigenvalue weighted by Gasteiger charge is 2.55. The fraction of sp³-hybridized carbons (Fsp3) is 1.00. The van der Waals surface area contributed by atoms with E-state index in [2.05, 4.69) is 0 Å². The molecule has 2 rings (SSSR count). The summed E-state index contributed by atoms with van der Waals surface area (Å²) in [6, 6.07) is 0. The third kappa shape index (κ3) is 0.926. The summed E-state index contributed by atoms with van der Waals surface area (Å²) in [6.07, 6.45) is 6.54. The highest BCUT2D eigenvalue weighted by atomic mass is 16.3. The summed E-state index contributed by atoms with van der Waals surface area (Å²) in [5.41, 5.74) is 6.39. The van der Waals surface area contributed by atoms with Crippen LogP contribution in [0.3, 0.4) is 0 Å².